The van der Waals surface area contributed by atoms with E-state index in [2.05, 4.69) is 10.3 Å². The van der Waals surface area contributed by atoms with Crippen LogP contribution >= 0.6 is 11.8 Å². The quantitative estimate of drug-likeness (QED) is 0.833. The van der Waals surface area contributed by atoms with E-state index in [1.54, 1.807) is 29.1 Å². The molecule has 1 fully saturated rings. The molecule has 7 heteroatoms. The van der Waals surface area contributed by atoms with Crippen LogP contribution in [0.1, 0.15) is 18.4 Å². The number of thioether (sulfide) groups is 1. The van der Waals surface area contributed by atoms with Gasteiger partial charge in [-0.1, -0.05) is 0 Å². The highest BCUT2D eigenvalue weighted by Gasteiger charge is 2.22. The highest BCUT2D eigenvalue weighted by atomic mass is 32.2. The predicted molar refractivity (Wildman–Crippen MR) is 84.0 cm³/mol. The van der Waals surface area contributed by atoms with E-state index >= 15 is 0 Å². The average Bonchev–Trinajstić information content (AvgIpc) is 2.50. The Labute approximate surface area is 133 Å². The second-order valence-corrected chi connectivity index (χ2v) is 6.37. The second-order valence-electron chi connectivity index (χ2n) is 5.38. The van der Waals surface area contributed by atoms with E-state index in [0.29, 0.717) is 18.8 Å². The number of halogens is 2. The maximum absolute atomic E-state index is 12.3. The van der Waals surface area contributed by atoms with Crippen LogP contribution in [0.15, 0.2) is 24.5 Å². The Bertz CT molecular complexity index is 453. The molecule has 0 atom stereocenters. The number of alkyl halides is 2. The van der Waals surface area contributed by atoms with Crippen LogP contribution in [-0.4, -0.2) is 53.6 Å². The second kappa shape index (κ2) is 9.05. The molecule has 1 aliphatic heterocycles. The molecular weight excluding hydrogens is 308 g/mol. The number of nitrogens with one attached hydrogen (secondary N) is 1. The summed E-state index contributed by atoms with van der Waals surface area (Å²) < 4.78 is 24.6. The minimum absolute atomic E-state index is 0.0198. The van der Waals surface area contributed by atoms with Crippen molar-refractivity contribution in [2.45, 2.75) is 31.1 Å². The Morgan fingerprint density at radius 2 is 2.05 bits per heavy atom. The van der Waals surface area contributed by atoms with Crippen LogP contribution in [0.5, 0.6) is 0 Å². The van der Waals surface area contributed by atoms with Crippen molar-refractivity contribution in [2.24, 2.45) is 0 Å². The molecule has 1 aromatic rings. The SMILES string of the molecule is O=C(CSCc1ccncc1)NC1CCN(CC(F)F)CC1. The van der Waals surface area contributed by atoms with Gasteiger partial charge in [-0.15, -0.1) is 11.8 Å². The third kappa shape index (κ3) is 6.27. The van der Waals surface area contributed by atoms with Crippen molar-refractivity contribution in [3.63, 3.8) is 0 Å². The van der Waals surface area contributed by atoms with Crippen LogP contribution < -0.4 is 5.32 Å². The van der Waals surface area contributed by atoms with E-state index in [-0.39, 0.29) is 18.5 Å². The molecule has 0 bridgehead atoms. The number of amides is 1. The minimum atomic E-state index is -2.28. The summed E-state index contributed by atoms with van der Waals surface area (Å²) in [6.45, 7) is 1.08. The highest BCUT2D eigenvalue weighted by molar-refractivity contribution is 7.99. The lowest BCUT2D eigenvalue weighted by molar-refractivity contribution is -0.119. The van der Waals surface area contributed by atoms with Gasteiger partial charge in [-0.2, -0.15) is 0 Å². The molecule has 0 aromatic carbocycles. The summed E-state index contributed by atoms with van der Waals surface area (Å²) in [6, 6.07) is 3.98. The lowest BCUT2D eigenvalue weighted by Crippen LogP contribution is -2.46. The lowest BCUT2D eigenvalue weighted by Gasteiger charge is -2.32. The first-order chi connectivity index (χ1) is 10.6. The van der Waals surface area contributed by atoms with E-state index in [0.717, 1.165) is 24.2 Å². The zero-order valence-electron chi connectivity index (χ0n) is 12.4. The van der Waals surface area contributed by atoms with Gasteiger partial charge in [0.25, 0.3) is 6.43 Å². The Hall–Kier alpha value is -1.21. The van der Waals surface area contributed by atoms with Crippen LogP contribution in [0, 0.1) is 0 Å². The van der Waals surface area contributed by atoms with Gasteiger partial charge in [-0.05, 0) is 30.5 Å². The highest BCUT2D eigenvalue weighted by Crippen LogP contribution is 2.13. The van der Waals surface area contributed by atoms with Gasteiger partial charge in [0.05, 0.1) is 12.3 Å². The van der Waals surface area contributed by atoms with Gasteiger partial charge in [-0.3, -0.25) is 14.7 Å². The molecule has 22 heavy (non-hydrogen) atoms. The van der Waals surface area contributed by atoms with Gasteiger partial charge in [-0.25, -0.2) is 8.78 Å². The van der Waals surface area contributed by atoms with Crippen molar-refractivity contribution in [3.8, 4) is 0 Å². The van der Waals surface area contributed by atoms with Crippen molar-refractivity contribution in [2.75, 3.05) is 25.4 Å². The smallest absolute Gasteiger partial charge is 0.251 e. The number of rotatable bonds is 7. The summed E-state index contributed by atoms with van der Waals surface area (Å²) in [6.07, 6.45) is 2.68. The van der Waals surface area contributed by atoms with E-state index in [1.165, 1.54) is 0 Å². The number of hydrogen-bond acceptors (Lipinski definition) is 4. The number of hydrogen-bond donors (Lipinski definition) is 1. The van der Waals surface area contributed by atoms with Gasteiger partial charge in [0.2, 0.25) is 5.91 Å². The molecule has 1 saturated heterocycles. The molecule has 1 aromatic heterocycles. The Balaban J connectivity index is 1.60. The van der Waals surface area contributed by atoms with Crippen molar-refractivity contribution in [3.05, 3.63) is 30.1 Å². The summed E-state index contributed by atoms with van der Waals surface area (Å²) in [5.41, 5.74) is 1.15. The molecule has 0 saturated carbocycles. The Kier molecular flexibility index (Phi) is 7.05. The van der Waals surface area contributed by atoms with Crippen LogP contribution in [0.2, 0.25) is 0 Å². The van der Waals surface area contributed by atoms with E-state index in [9.17, 15) is 13.6 Å². The van der Waals surface area contributed by atoms with Gasteiger partial charge >= 0.3 is 0 Å². The number of carbonyl (C=O) groups is 1. The molecule has 122 valence electrons. The van der Waals surface area contributed by atoms with Gasteiger partial charge in [0.1, 0.15) is 0 Å². The van der Waals surface area contributed by atoms with Crippen LogP contribution in [0.25, 0.3) is 0 Å². The fourth-order valence-electron chi connectivity index (χ4n) is 2.46. The summed E-state index contributed by atoms with van der Waals surface area (Å²) >= 11 is 1.56. The van der Waals surface area contributed by atoms with Gasteiger partial charge < -0.3 is 5.32 Å². The minimum Gasteiger partial charge on any atom is -0.353 e. The fourth-order valence-corrected chi connectivity index (χ4v) is 3.26. The predicted octanol–water partition coefficient (Wildman–Crippen LogP) is 2.16. The summed E-state index contributed by atoms with van der Waals surface area (Å²) in [5, 5.41) is 2.99. The number of nitrogens with zero attached hydrogens (tertiary/aromatic N) is 2. The Morgan fingerprint density at radius 1 is 1.36 bits per heavy atom. The molecular formula is C15H21F2N3OS. The molecule has 2 heterocycles. The van der Waals surface area contributed by atoms with Crippen molar-refractivity contribution >= 4 is 17.7 Å². The Morgan fingerprint density at radius 3 is 2.68 bits per heavy atom. The molecule has 0 aliphatic carbocycles. The first kappa shape index (κ1) is 17.1. The zero-order chi connectivity index (χ0) is 15.8. The fraction of sp³-hybridized carbons (Fsp3) is 0.600. The van der Waals surface area contributed by atoms with Gasteiger partial charge in [0.15, 0.2) is 0 Å². The maximum atomic E-state index is 12.3. The summed E-state index contributed by atoms with van der Waals surface area (Å²) in [5.74, 6) is 1.22. The largest absolute Gasteiger partial charge is 0.353 e. The monoisotopic (exact) mass is 329 g/mol. The standard InChI is InChI=1S/C15H21F2N3OS/c16-14(17)9-20-7-3-13(4-8-20)19-15(21)11-22-10-12-1-5-18-6-2-12/h1-2,5-6,13-14H,3-4,7-11H2,(H,19,21). The molecule has 0 unspecified atom stereocenters. The molecule has 1 amide bonds. The van der Waals surface area contributed by atoms with Crippen LogP contribution in [0.3, 0.4) is 0 Å². The maximum Gasteiger partial charge on any atom is 0.251 e. The average molecular weight is 329 g/mol. The number of piperidine rings is 1. The normalized spacial score (nSPS) is 16.9. The molecule has 1 N–H and O–H groups in total. The first-order valence-electron chi connectivity index (χ1n) is 7.40. The zero-order valence-corrected chi connectivity index (χ0v) is 13.2. The lowest BCUT2D eigenvalue weighted by atomic mass is 10.1. The number of aromatic nitrogens is 1. The molecule has 1 aliphatic rings. The molecule has 2 rings (SSSR count). The summed E-state index contributed by atoms with van der Waals surface area (Å²) in [7, 11) is 0. The third-order valence-electron chi connectivity index (χ3n) is 3.60. The van der Waals surface area contributed by atoms with E-state index in [1.807, 2.05) is 12.1 Å². The molecule has 0 radical (unpaired) electrons. The number of pyridine rings is 1. The summed E-state index contributed by atoms with van der Waals surface area (Å²) in [4.78, 5) is 17.6. The van der Waals surface area contributed by atoms with E-state index < -0.39 is 6.43 Å². The number of carbonyl (C=O) groups excluding carboxylic acids is 1. The molecule has 0 spiro atoms. The van der Waals surface area contributed by atoms with Crippen molar-refractivity contribution < 1.29 is 13.6 Å². The van der Waals surface area contributed by atoms with Crippen LogP contribution in [-0.2, 0) is 10.5 Å². The van der Waals surface area contributed by atoms with Gasteiger partial charge in [0, 0.05) is 37.3 Å². The molecule has 4 nitrogen and oxygen atoms in total. The topological polar surface area (TPSA) is 45.2 Å². The van der Waals surface area contributed by atoms with Crippen molar-refractivity contribution in [1.29, 1.82) is 0 Å². The number of likely N-dealkylation sites (tertiary alicyclic amines) is 1. The first-order valence-corrected chi connectivity index (χ1v) is 8.55. The van der Waals surface area contributed by atoms with E-state index in [4.69, 9.17) is 0 Å². The van der Waals surface area contributed by atoms with Crippen molar-refractivity contribution in [1.82, 2.24) is 15.2 Å². The third-order valence-corrected chi connectivity index (χ3v) is 4.60. The van der Waals surface area contributed by atoms with Crippen LogP contribution in [0.4, 0.5) is 8.78 Å².